The van der Waals surface area contributed by atoms with E-state index in [4.69, 9.17) is 16.0 Å². The van der Waals surface area contributed by atoms with Crippen molar-refractivity contribution in [2.75, 3.05) is 0 Å². The molecule has 2 aromatic rings. The fourth-order valence-corrected chi connectivity index (χ4v) is 3.03. The number of hydrogen-bond acceptors (Lipinski definition) is 4. The zero-order valence-electron chi connectivity index (χ0n) is 12.4. The molecule has 0 heterocycles. The molecule has 11 heteroatoms. The molecule has 0 bridgehead atoms. The zero-order valence-corrected chi connectivity index (χ0v) is 14.1. The minimum atomic E-state index is -4.71. The van der Waals surface area contributed by atoms with Crippen molar-refractivity contribution in [3.05, 3.63) is 57.4 Å². The first-order chi connectivity index (χ1) is 11.5. The summed E-state index contributed by atoms with van der Waals surface area (Å²) in [4.78, 5) is 10.2. The molecule has 0 aliphatic rings. The van der Waals surface area contributed by atoms with Crippen LogP contribution in [0.3, 0.4) is 0 Å². The minimum absolute atomic E-state index is 0.113. The van der Waals surface area contributed by atoms with E-state index in [1.54, 1.807) is 0 Å². The van der Waals surface area contributed by atoms with E-state index in [2.05, 4.69) is 0 Å². The molecule has 0 aromatic heterocycles. The van der Waals surface area contributed by atoms with Crippen LogP contribution >= 0.6 is 18.4 Å². The third-order valence-electron chi connectivity index (χ3n) is 3.18. The molecule has 0 saturated carbocycles. The first-order valence-electron chi connectivity index (χ1n) is 6.54. The Bertz CT molecular complexity index is 873. The molecule has 1 unspecified atom stereocenters. The molecule has 0 spiro atoms. The maximum absolute atomic E-state index is 13.8. The van der Waals surface area contributed by atoms with Gasteiger partial charge >= 0.3 is 6.18 Å². The number of ether oxygens (including phenoxy) is 1. The second-order valence-electron chi connectivity index (χ2n) is 4.91. The van der Waals surface area contributed by atoms with Gasteiger partial charge in [0, 0.05) is 6.07 Å². The van der Waals surface area contributed by atoms with Gasteiger partial charge in [0.15, 0.2) is 18.7 Å². The first-order valence-corrected chi connectivity index (χ1v) is 8.96. The Hall–Kier alpha value is -2.12. The molecule has 0 aliphatic carbocycles. The summed E-state index contributed by atoms with van der Waals surface area (Å²) in [5.41, 5.74) is -1.49. The molecule has 0 amide bonds. The normalized spacial score (nSPS) is 12.7. The van der Waals surface area contributed by atoms with Gasteiger partial charge in [-0.05, 0) is 36.8 Å². The molecule has 0 aliphatic heterocycles. The molecule has 134 valence electrons. The Morgan fingerprint density at radius 3 is 2.32 bits per heavy atom. The fourth-order valence-electron chi connectivity index (χ4n) is 1.97. The van der Waals surface area contributed by atoms with Gasteiger partial charge in [0.25, 0.3) is 5.69 Å². The number of halogens is 5. The van der Waals surface area contributed by atoms with Crippen molar-refractivity contribution in [2.45, 2.75) is 13.1 Å². The average molecular weight is 398 g/mol. The maximum atomic E-state index is 13.8. The number of nitro benzene ring substituents is 1. The highest BCUT2D eigenvalue weighted by Gasteiger charge is 2.31. The number of nitro groups is 1. The van der Waals surface area contributed by atoms with Crippen molar-refractivity contribution in [1.29, 1.82) is 0 Å². The highest BCUT2D eigenvalue weighted by molar-refractivity contribution is 7.80. The van der Waals surface area contributed by atoms with Crippen LogP contribution in [0.2, 0.25) is 0 Å². The molecule has 25 heavy (non-hydrogen) atoms. The molecular weight excluding hydrogens is 389 g/mol. The Balaban J connectivity index is 2.46. The summed E-state index contributed by atoms with van der Waals surface area (Å²) in [6.45, 7) is 1.40. The highest BCUT2D eigenvalue weighted by Crippen LogP contribution is 2.37. The fraction of sp³-hybridized carbons (Fsp3) is 0.143. The van der Waals surface area contributed by atoms with Crippen molar-refractivity contribution >= 4 is 29.4 Å². The molecule has 0 N–H and O–H groups in total. The van der Waals surface area contributed by atoms with Gasteiger partial charge in [-0.15, -0.1) is 0 Å². The smallest absolute Gasteiger partial charge is 0.416 e. The highest BCUT2D eigenvalue weighted by atomic mass is 35.7. The van der Waals surface area contributed by atoms with Gasteiger partial charge < -0.3 is 9.30 Å². The van der Waals surface area contributed by atoms with Crippen LogP contribution in [-0.4, -0.2) is 4.92 Å². The van der Waals surface area contributed by atoms with E-state index < -0.39 is 41.1 Å². The molecule has 5 nitrogen and oxygen atoms in total. The van der Waals surface area contributed by atoms with Gasteiger partial charge in [-0.1, -0.05) is 11.2 Å². The Morgan fingerprint density at radius 2 is 1.84 bits per heavy atom. The number of benzene rings is 2. The van der Waals surface area contributed by atoms with Crippen LogP contribution in [0.15, 0.2) is 30.3 Å². The summed E-state index contributed by atoms with van der Waals surface area (Å²) in [5, 5.41) is 10.6. The number of alkyl halides is 3. The summed E-state index contributed by atoms with van der Waals surface area (Å²) in [5.74, 6) is -1.91. The van der Waals surface area contributed by atoms with E-state index in [1.165, 1.54) is 6.92 Å². The van der Waals surface area contributed by atoms with Gasteiger partial charge in [-0.25, -0.2) is 4.39 Å². The number of hydrogen-bond donors (Lipinski definition) is 0. The van der Waals surface area contributed by atoms with Gasteiger partial charge in [-0.3, -0.25) is 10.1 Å². The molecule has 2 aromatic carbocycles. The van der Waals surface area contributed by atoms with Gasteiger partial charge in [0.05, 0.1) is 10.5 Å². The van der Waals surface area contributed by atoms with Crippen LogP contribution in [0.5, 0.6) is 11.5 Å². The molecular formula is C14H9ClF4NO4P. The lowest BCUT2D eigenvalue weighted by Crippen LogP contribution is -2.07. The lowest BCUT2D eigenvalue weighted by Gasteiger charge is -2.12. The number of nitrogens with zero attached hydrogens (tertiary/aromatic N) is 1. The van der Waals surface area contributed by atoms with Gasteiger partial charge in [0.2, 0.25) is 0 Å². The van der Waals surface area contributed by atoms with Crippen LogP contribution in [-0.2, 0) is 10.7 Å². The molecule has 1 atom stereocenters. The van der Waals surface area contributed by atoms with Gasteiger partial charge in [0.1, 0.15) is 11.1 Å². The van der Waals surface area contributed by atoms with Crippen molar-refractivity contribution < 1.29 is 31.8 Å². The zero-order chi connectivity index (χ0) is 18.9. The van der Waals surface area contributed by atoms with Crippen molar-refractivity contribution in [1.82, 2.24) is 0 Å². The van der Waals surface area contributed by atoms with Crippen LogP contribution in [0.4, 0.5) is 23.2 Å². The Kier molecular flexibility index (Phi) is 5.39. The van der Waals surface area contributed by atoms with E-state index in [9.17, 15) is 32.2 Å². The van der Waals surface area contributed by atoms with Crippen LogP contribution < -0.4 is 10.0 Å². The summed E-state index contributed by atoms with van der Waals surface area (Å²) in [6, 6.07) is 3.73. The van der Waals surface area contributed by atoms with Crippen LogP contribution in [0.1, 0.15) is 11.1 Å². The van der Waals surface area contributed by atoms with Gasteiger partial charge in [-0.2, -0.15) is 13.2 Å². The monoisotopic (exact) mass is 397 g/mol. The van der Waals surface area contributed by atoms with Crippen LogP contribution in [0.25, 0.3) is 0 Å². The lowest BCUT2D eigenvalue weighted by atomic mass is 10.2. The lowest BCUT2D eigenvalue weighted by molar-refractivity contribution is -0.383. The summed E-state index contributed by atoms with van der Waals surface area (Å²) in [6.07, 6.45) is -4.71. The molecule has 0 fully saturated rings. The Labute approximate surface area is 143 Å². The standard InChI is InChI=1S/C14H9ClF4NO4P/c1-7-4-10(20(21)22)13(25(15)23)6-12(7)24-11-3-2-8(5-9(11)16)14(17,18)19/h2-6,25H,1H3. The predicted octanol–water partition coefficient (Wildman–Crippen LogP) is 5.19. The maximum Gasteiger partial charge on any atom is 0.416 e. The Morgan fingerprint density at radius 1 is 1.20 bits per heavy atom. The second kappa shape index (κ2) is 7.01. The summed E-state index contributed by atoms with van der Waals surface area (Å²) < 4.78 is 68.1. The van der Waals surface area contributed by atoms with Crippen molar-refractivity contribution in [3.63, 3.8) is 0 Å². The van der Waals surface area contributed by atoms with E-state index in [1.807, 2.05) is 0 Å². The van der Waals surface area contributed by atoms with E-state index in [0.717, 1.165) is 18.2 Å². The summed E-state index contributed by atoms with van der Waals surface area (Å²) >= 11 is 5.47. The average Bonchev–Trinajstić information content (AvgIpc) is 2.49. The SMILES string of the molecule is Cc1cc([N+](=O)[O-])c([PH](=O)Cl)cc1Oc1ccc(C(F)(F)F)cc1F. The third-order valence-corrected chi connectivity index (χ3v) is 4.62. The third kappa shape index (κ3) is 4.29. The van der Waals surface area contributed by atoms with E-state index in [-0.39, 0.29) is 22.7 Å². The molecule has 0 saturated heterocycles. The quantitative estimate of drug-likeness (QED) is 0.308. The number of rotatable bonds is 4. The van der Waals surface area contributed by atoms with Crippen LogP contribution in [0, 0.1) is 22.9 Å². The van der Waals surface area contributed by atoms with Crippen molar-refractivity contribution in [2.24, 2.45) is 0 Å². The predicted molar refractivity (Wildman–Crippen MR) is 83.8 cm³/mol. The molecule has 2 rings (SSSR count). The summed E-state index contributed by atoms with van der Waals surface area (Å²) in [7, 11) is -2.99. The van der Waals surface area contributed by atoms with E-state index in [0.29, 0.717) is 6.07 Å². The molecule has 0 radical (unpaired) electrons. The van der Waals surface area contributed by atoms with Crippen molar-refractivity contribution in [3.8, 4) is 11.5 Å². The largest absolute Gasteiger partial charge is 0.454 e. The number of aryl methyl sites for hydroxylation is 1. The topological polar surface area (TPSA) is 69.4 Å². The van der Waals surface area contributed by atoms with E-state index >= 15 is 0 Å². The first kappa shape index (κ1) is 19.2. The second-order valence-corrected chi connectivity index (χ2v) is 7.03. The minimum Gasteiger partial charge on any atom is -0.454 e.